The Morgan fingerprint density at radius 3 is 2.27 bits per heavy atom. The van der Waals surface area contributed by atoms with Crippen LogP contribution in [0.1, 0.15) is 18.9 Å². The molecule has 2 atom stereocenters. The summed E-state index contributed by atoms with van der Waals surface area (Å²) < 4.78 is 21.0. The third-order valence-corrected chi connectivity index (χ3v) is 3.21. The molecule has 122 valence electrons. The van der Waals surface area contributed by atoms with Gasteiger partial charge in [-0.25, -0.2) is 4.79 Å². The topological polar surface area (TPSA) is 54.0 Å². The molecule has 0 saturated heterocycles. The molecule has 0 heterocycles. The number of carbonyl (C=O) groups excluding carboxylic acids is 1. The molecule has 5 nitrogen and oxygen atoms in total. The Balaban J connectivity index is 2.75. The van der Waals surface area contributed by atoms with Crippen LogP contribution in [0, 0.1) is 0 Å². The average Bonchev–Trinajstić information content (AvgIpc) is 2.53. The fourth-order valence-corrected chi connectivity index (χ4v) is 2.01. The van der Waals surface area contributed by atoms with Crippen LogP contribution in [0.25, 0.3) is 0 Å². The first-order chi connectivity index (χ1) is 10.5. The predicted octanol–water partition coefficient (Wildman–Crippen LogP) is 2.73. The zero-order valence-corrected chi connectivity index (χ0v) is 13.6. The fourth-order valence-electron chi connectivity index (χ4n) is 2.01. The Morgan fingerprint density at radius 2 is 1.82 bits per heavy atom. The molecule has 5 heteroatoms. The van der Waals surface area contributed by atoms with Gasteiger partial charge in [0.15, 0.2) is 6.10 Å². The predicted molar refractivity (Wildman–Crippen MR) is 83.8 cm³/mol. The number of rotatable bonds is 9. The molecule has 1 aromatic rings. The molecular formula is C17H24O5. The maximum absolute atomic E-state index is 11.9. The summed E-state index contributed by atoms with van der Waals surface area (Å²) in [7, 11) is 4.49. The van der Waals surface area contributed by atoms with Gasteiger partial charge in [-0.2, -0.15) is 0 Å². The molecule has 0 aliphatic rings. The van der Waals surface area contributed by atoms with Crippen molar-refractivity contribution < 1.29 is 23.7 Å². The molecular weight excluding hydrogens is 284 g/mol. The summed E-state index contributed by atoms with van der Waals surface area (Å²) >= 11 is 0. The molecule has 0 radical (unpaired) electrons. The van der Waals surface area contributed by atoms with E-state index in [1.807, 2.05) is 31.2 Å². The molecule has 0 unspecified atom stereocenters. The van der Waals surface area contributed by atoms with Crippen molar-refractivity contribution in [2.24, 2.45) is 0 Å². The average molecular weight is 308 g/mol. The van der Waals surface area contributed by atoms with Gasteiger partial charge >= 0.3 is 5.97 Å². The summed E-state index contributed by atoms with van der Waals surface area (Å²) in [4.78, 5) is 11.9. The second-order valence-electron chi connectivity index (χ2n) is 5.04. The van der Waals surface area contributed by atoms with Crippen molar-refractivity contribution >= 4 is 5.97 Å². The summed E-state index contributed by atoms with van der Waals surface area (Å²) in [6, 6.07) is 7.45. The summed E-state index contributed by atoms with van der Waals surface area (Å²) in [5.41, 5.74) is 1.84. The minimum absolute atomic E-state index is 0.278. The first-order valence-electron chi connectivity index (χ1n) is 7.01. The number of benzene rings is 1. The van der Waals surface area contributed by atoms with E-state index in [4.69, 9.17) is 18.9 Å². The van der Waals surface area contributed by atoms with Gasteiger partial charge in [0.05, 0.1) is 26.9 Å². The number of hydrogen-bond acceptors (Lipinski definition) is 5. The fraction of sp³-hybridized carbons (Fsp3) is 0.471. The van der Waals surface area contributed by atoms with Crippen molar-refractivity contribution in [2.75, 3.05) is 21.3 Å². The van der Waals surface area contributed by atoms with Gasteiger partial charge in [0, 0.05) is 7.11 Å². The third-order valence-electron chi connectivity index (χ3n) is 3.21. The van der Waals surface area contributed by atoms with E-state index in [9.17, 15) is 4.79 Å². The van der Waals surface area contributed by atoms with Crippen molar-refractivity contribution in [3.63, 3.8) is 0 Å². The largest absolute Gasteiger partial charge is 0.497 e. The van der Waals surface area contributed by atoms with E-state index < -0.39 is 18.2 Å². The van der Waals surface area contributed by atoms with Crippen molar-refractivity contribution in [3.8, 4) is 5.75 Å². The second-order valence-corrected chi connectivity index (χ2v) is 5.04. The lowest BCUT2D eigenvalue weighted by molar-refractivity contribution is -0.165. The van der Waals surface area contributed by atoms with Gasteiger partial charge in [0.2, 0.25) is 0 Å². The lowest BCUT2D eigenvalue weighted by atomic mass is 10.1. The van der Waals surface area contributed by atoms with Crippen molar-refractivity contribution in [2.45, 2.75) is 32.2 Å². The number of hydrogen-bond donors (Lipinski definition) is 0. The van der Waals surface area contributed by atoms with Gasteiger partial charge in [0.1, 0.15) is 5.75 Å². The van der Waals surface area contributed by atoms with Crippen molar-refractivity contribution in [1.82, 2.24) is 0 Å². The Hall–Kier alpha value is -1.85. The third kappa shape index (κ3) is 5.50. The number of methoxy groups -OCH3 is 3. The molecule has 0 fully saturated rings. The van der Waals surface area contributed by atoms with Crippen LogP contribution in [0.5, 0.6) is 5.75 Å². The lowest BCUT2D eigenvalue weighted by Crippen LogP contribution is -2.38. The highest BCUT2D eigenvalue weighted by Gasteiger charge is 2.30. The summed E-state index contributed by atoms with van der Waals surface area (Å²) in [6.45, 7) is 6.00. The minimum Gasteiger partial charge on any atom is -0.497 e. The van der Waals surface area contributed by atoms with Crippen LogP contribution >= 0.6 is 0 Å². The highest BCUT2D eigenvalue weighted by atomic mass is 16.6. The summed E-state index contributed by atoms with van der Waals surface area (Å²) in [5, 5.41) is 0. The minimum atomic E-state index is -0.797. The van der Waals surface area contributed by atoms with Gasteiger partial charge in [-0.1, -0.05) is 17.7 Å². The van der Waals surface area contributed by atoms with E-state index in [2.05, 4.69) is 6.58 Å². The van der Waals surface area contributed by atoms with E-state index in [0.717, 1.165) is 16.9 Å². The highest BCUT2D eigenvalue weighted by Crippen LogP contribution is 2.17. The smallest absolute Gasteiger partial charge is 0.337 e. The molecule has 0 bridgehead atoms. The van der Waals surface area contributed by atoms with E-state index in [1.54, 1.807) is 14.2 Å². The second kappa shape index (κ2) is 9.23. The highest BCUT2D eigenvalue weighted by molar-refractivity contribution is 5.75. The number of ether oxygens (including phenoxy) is 4. The Morgan fingerprint density at radius 1 is 1.18 bits per heavy atom. The first-order valence-corrected chi connectivity index (χ1v) is 7.01. The Labute approximate surface area is 131 Å². The number of carbonyl (C=O) groups is 1. The van der Waals surface area contributed by atoms with Gasteiger partial charge in [-0.15, -0.1) is 6.58 Å². The van der Waals surface area contributed by atoms with Gasteiger partial charge in [0.25, 0.3) is 0 Å². The van der Waals surface area contributed by atoms with Crippen molar-refractivity contribution in [1.29, 1.82) is 0 Å². The normalized spacial score (nSPS) is 13.3. The van der Waals surface area contributed by atoms with Crippen LogP contribution in [-0.2, 0) is 25.6 Å². The van der Waals surface area contributed by atoms with Crippen LogP contribution in [0.3, 0.4) is 0 Å². The molecule has 0 aromatic heterocycles. The molecule has 1 aromatic carbocycles. The molecule has 0 aliphatic carbocycles. The number of esters is 1. The first kappa shape index (κ1) is 18.2. The Kier molecular flexibility index (Phi) is 7.63. The van der Waals surface area contributed by atoms with E-state index in [-0.39, 0.29) is 6.61 Å². The molecule has 1 rings (SSSR count). The molecule has 22 heavy (non-hydrogen) atoms. The SMILES string of the molecule is C=C(C)C[C@H](OC)[C@H](OCc1ccc(OC)cc1)C(=O)OC. The maximum Gasteiger partial charge on any atom is 0.337 e. The molecule has 0 spiro atoms. The zero-order chi connectivity index (χ0) is 16.5. The van der Waals surface area contributed by atoms with Crippen LogP contribution in [0.4, 0.5) is 0 Å². The van der Waals surface area contributed by atoms with Crippen LogP contribution < -0.4 is 4.74 Å². The van der Waals surface area contributed by atoms with Gasteiger partial charge in [-0.3, -0.25) is 0 Å². The van der Waals surface area contributed by atoms with Crippen LogP contribution in [0.15, 0.2) is 36.4 Å². The van der Waals surface area contributed by atoms with Crippen LogP contribution in [0.2, 0.25) is 0 Å². The van der Waals surface area contributed by atoms with Crippen LogP contribution in [-0.4, -0.2) is 39.5 Å². The standard InChI is InChI=1S/C17H24O5/c1-12(2)10-15(20-4)16(17(18)21-5)22-11-13-6-8-14(19-3)9-7-13/h6-9,15-16H,1,10-11H2,2-5H3/t15-,16-/m0/s1. The van der Waals surface area contributed by atoms with E-state index >= 15 is 0 Å². The molecule has 0 N–H and O–H groups in total. The maximum atomic E-state index is 11.9. The Bertz CT molecular complexity index is 480. The molecule has 0 amide bonds. The summed E-state index contributed by atoms with van der Waals surface area (Å²) in [5.74, 6) is 0.312. The molecule has 0 saturated carbocycles. The summed E-state index contributed by atoms with van der Waals surface area (Å²) in [6.07, 6.45) is -0.698. The van der Waals surface area contributed by atoms with E-state index in [0.29, 0.717) is 6.42 Å². The van der Waals surface area contributed by atoms with Gasteiger partial charge < -0.3 is 18.9 Å². The van der Waals surface area contributed by atoms with E-state index in [1.165, 1.54) is 7.11 Å². The zero-order valence-electron chi connectivity index (χ0n) is 13.6. The lowest BCUT2D eigenvalue weighted by Gasteiger charge is -2.24. The quantitative estimate of drug-likeness (QED) is 0.518. The van der Waals surface area contributed by atoms with Gasteiger partial charge in [-0.05, 0) is 31.0 Å². The van der Waals surface area contributed by atoms with Crippen molar-refractivity contribution in [3.05, 3.63) is 42.0 Å². The molecule has 0 aliphatic heterocycles. The monoisotopic (exact) mass is 308 g/mol.